The number of carbonyl (C=O) groups is 2. The number of nitrogens with one attached hydrogen (secondary N) is 2. The molecule has 0 aliphatic carbocycles. The Balaban J connectivity index is 1.56. The molecule has 1 unspecified atom stereocenters. The zero-order valence-electron chi connectivity index (χ0n) is 17.0. The number of hydrogen-bond donors (Lipinski definition) is 2. The molecule has 31 heavy (non-hydrogen) atoms. The molecule has 0 fully saturated rings. The predicted molar refractivity (Wildman–Crippen MR) is 113 cm³/mol. The topological polar surface area (TPSA) is 74.6 Å². The minimum atomic E-state index is -0.952. The first-order valence-corrected chi connectivity index (χ1v) is 9.82. The first-order valence-electron chi connectivity index (χ1n) is 9.82. The highest BCUT2D eigenvalue weighted by Crippen LogP contribution is 2.34. The molecule has 0 radical (unpaired) electrons. The number of amides is 2. The zero-order valence-corrected chi connectivity index (χ0v) is 17.0. The third-order valence-corrected chi connectivity index (χ3v) is 5.27. The molecule has 0 spiro atoms. The molecule has 2 heterocycles. The second-order valence-corrected chi connectivity index (χ2v) is 7.51. The SMILES string of the molecule is CC(=O)Nc1cc(NC(=O)c2ccoc2CN2c3ccccc3CC2C)c(F)cc1F. The maximum Gasteiger partial charge on any atom is 0.259 e. The second kappa shape index (κ2) is 8.22. The van der Waals surface area contributed by atoms with Crippen molar-refractivity contribution in [2.75, 3.05) is 15.5 Å². The molecule has 8 heteroatoms. The van der Waals surface area contributed by atoms with Gasteiger partial charge in [0.1, 0.15) is 17.4 Å². The van der Waals surface area contributed by atoms with Gasteiger partial charge in [-0.3, -0.25) is 9.59 Å². The predicted octanol–water partition coefficient (Wildman–Crippen LogP) is 4.72. The van der Waals surface area contributed by atoms with Gasteiger partial charge >= 0.3 is 0 Å². The van der Waals surface area contributed by atoms with Crippen LogP contribution in [0.4, 0.5) is 25.8 Å². The van der Waals surface area contributed by atoms with Gasteiger partial charge in [-0.15, -0.1) is 0 Å². The van der Waals surface area contributed by atoms with E-state index in [1.165, 1.54) is 24.8 Å². The first-order chi connectivity index (χ1) is 14.8. The number of nitrogens with zero attached hydrogens (tertiary/aromatic N) is 1. The molecular formula is C23H21F2N3O3. The molecule has 6 nitrogen and oxygen atoms in total. The molecule has 3 aromatic rings. The van der Waals surface area contributed by atoms with Gasteiger partial charge in [-0.05, 0) is 37.1 Å². The van der Waals surface area contributed by atoms with Crippen LogP contribution in [0.3, 0.4) is 0 Å². The Bertz CT molecular complexity index is 1160. The van der Waals surface area contributed by atoms with Gasteiger partial charge in [0.25, 0.3) is 5.91 Å². The molecule has 1 atom stereocenters. The molecule has 160 valence electrons. The van der Waals surface area contributed by atoms with Crippen LogP contribution in [0.25, 0.3) is 0 Å². The van der Waals surface area contributed by atoms with E-state index in [4.69, 9.17) is 4.42 Å². The Morgan fingerprint density at radius 1 is 1.10 bits per heavy atom. The first kappa shape index (κ1) is 20.6. The van der Waals surface area contributed by atoms with Crippen LogP contribution in [-0.4, -0.2) is 17.9 Å². The standard InChI is InChI=1S/C23H21F2N3O3/c1-13-9-15-5-3-4-6-21(15)28(13)12-22-16(7-8-31-22)23(30)27-20-11-19(26-14(2)29)17(24)10-18(20)25/h3-8,10-11,13H,9,12H2,1-2H3,(H,26,29)(H,27,30). The van der Waals surface area contributed by atoms with E-state index in [-0.39, 0.29) is 23.0 Å². The van der Waals surface area contributed by atoms with Gasteiger partial charge < -0.3 is 20.0 Å². The van der Waals surface area contributed by atoms with E-state index in [0.717, 1.165) is 18.2 Å². The average Bonchev–Trinajstić information content (AvgIpc) is 3.30. The summed E-state index contributed by atoms with van der Waals surface area (Å²) in [6, 6.07) is 11.4. The largest absolute Gasteiger partial charge is 0.467 e. The summed E-state index contributed by atoms with van der Waals surface area (Å²) in [5.41, 5.74) is 2.09. The summed E-state index contributed by atoms with van der Waals surface area (Å²) < 4.78 is 33.6. The number of para-hydroxylation sites is 1. The molecule has 1 aliphatic rings. The summed E-state index contributed by atoms with van der Waals surface area (Å²) in [4.78, 5) is 26.2. The van der Waals surface area contributed by atoms with E-state index in [9.17, 15) is 18.4 Å². The fourth-order valence-electron chi connectivity index (χ4n) is 3.81. The fraction of sp³-hybridized carbons (Fsp3) is 0.217. The number of furan rings is 1. The summed E-state index contributed by atoms with van der Waals surface area (Å²) in [6.45, 7) is 3.67. The summed E-state index contributed by atoms with van der Waals surface area (Å²) in [5.74, 6) is -2.56. The summed E-state index contributed by atoms with van der Waals surface area (Å²) in [6.07, 6.45) is 2.30. The van der Waals surface area contributed by atoms with Gasteiger partial charge in [-0.1, -0.05) is 18.2 Å². The summed E-state index contributed by atoms with van der Waals surface area (Å²) in [7, 11) is 0. The minimum absolute atomic E-state index is 0.223. The van der Waals surface area contributed by atoms with Crippen molar-refractivity contribution < 1.29 is 22.8 Å². The van der Waals surface area contributed by atoms with Crippen LogP contribution < -0.4 is 15.5 Å². The quantitative estimate of drug-likeness (QED) is 0.620. The summed E-state index contributed by atoms with van der Waals surface area (Å²) >= 11 is 0. The number of anilines is 3. The highest BCUT2D eigenvalue weighted by atomic mass is 19.1. The molecule has 2 N–H and O–H groups in total. The van der Waals surface area contributed by atoms with Gasteiger partial charge in [0.05, 0.1) is 29.7 Å². The van der Waals surface area contributed by atoms with Crippen molar-refractivity contribution in [1.29, 1.82) is 0 Å². The van der Waals surface area contributed by atoms with Crippen molar-refractivity contribution in [3.63, 3.8) is 0 Å². The number of halogens is 2. The van der Waals surface area contributed by atoms with Crippen LogP contribution in [0.5, 0.6) is 0 Å². The molecule has 4 rings (SSSR count). The van der Waals surface area contributed by atoms with E-state index in [1.54, 1.807) is 0 Å². The molecule has 0 saturated carbocycles. The molecule has 2 aromatic carbocycles. The molecular weight excluding hydrogens is 404 g/mol. The van der Waals surface area contributed by atoms with Crippen molar-refractivity contribution >= 4 is 28.9 Å². The number of carbonyl (C=O) groups excluding carboxylic acids is 2. The van der Waals surface area contributed by atoms with Crippen molar-refractivity contribution in [3.8, 4) is 0 Å². The van der Waals surface area contributed by atoms with E-state index in [0.29, 0.717) is 18.4 Å². The Hall–Kier alpha value is -3.68. The Kier molecular flexibility index (Phi) is 5.46. The lowest BCUT2D eigenvalue weighted by atomic mass is 10.1. The van der Waals surface area contributed by atoms with Crippen LogP contribution in [0.1, 0.15) is 35.5 Å². The van der Waals surface area contributed by atoms with Gasteiger partial charge in [-0.25, -0.2) is 8.78 Å². The van der Waals surface area contributed by atoms with Gasteiger partial charge in [0.15, 0.2) is 0 Å². The lowest BCUT2D eigenvalue weighted by Crippen LogP contribution is -2.29. The number of benzene rings is 2. The van der Waals surface area contributed by atoms with Crippen molar-refractivity contribution in [2.45, 2.75) is 32.9 Å². The Morgan fingerprint density at radius 2 is 1.81 bits per heavy atom. The second-order valence-electron chi connectivity index (χ2n) is 7.51. The maximum absolute atomic E-state index is 14.2. The normalized spacial score (nSPS) is 15.0. The third-order valence-electron chi connectivity index (χ3n) is 5.27. The number of rotatable bonds is 5. The van der Waals surface area contributed by atoms with Gasteiger partial charge in [0, 0.05) is 24.7 Å². The molecule has 2 amide bonds. The third kappa shape index (κ3) is 4.14. The number of hydrogen-bond acceptors (Lipinski definition) is 4. The molecule has 1 aliphatic heterocycles. The summed E-state index contributed by atoms with van der Waals surface area (Å²) in [5, 5.41) is 4.70. The van der Waals surface area contributed by atoms with Crippen molar-refractivity contribution in [1.82, 2.24) is 0 Å². The smallest absolute Gasteiger partial charge is 0.259 e. The fourth-order valence-corrected chi connectivity index (χ4v) is 3.81. The van der Waals surface area contributed by atoms with Crippen molar-refractivity contribution in [3.05, 3.63) is 77.2 Å². The van der Waals surface area contributed by atoms with Crippen LogP contribution >= 0.6 is 0 Å². The maximum atomic E-state index is 14.2. The molecule has 1 aromatic heterocycles. The zero-order chi connectivity index (χ0) is 22.1. The minimum Gasteiger partial charge on any atom is -0.467 e. The van der Waals surface area contributed by atoms with Crippen LogP contribution in [0, 0.1) is 11.6 Å². The Labute approximate surface area is 177 Å². The van der Waals surface area contributed by atoms with Gasteiger partial charge in [-0.2, -0.15) is 0 Å². The average molecular weight is 425 g/mol. The Morgan fingerprint density at radius 3 is 2.55 bits per heavy atom. The lowest BCUT2D eigenvalue weighted by Gasteiger charge is -2.24. The van der Waals surface area contributed by atoms with Crippen LogP contribution in [-0.2, 0) is 17.8 Å². The molecule has 0 bridgehead atoms. The highest BCUT2D eigenvalue weighted by molar-refractivity contribution is 6.05. The van der Waals surface area contributed by atoms with E-state index < -0.39 is 23.4 Å². The highest BCUT2D eigenvalue weighted by Gasteiger charge is 2.28. The van der Waals surface area contributed by atoms with E-state index in [2.05, 4.69) is 28.5 Å². The van der Waals surface area contributed by atoms with Crippen LogP contribution in [0.2, 0.25) is 0 Å². The lowest BCUT2D eigenvalue weighted by molar-refractivity contribution is -0.114. The number of fused-ring (bicyclic) bond motifs is 1. The van der Waals surface area contributed by atoms with E-state index >= 15 is 0 Å². The van der Waals surface area contributed by atoms with E-state index in [1.807, 2.05) is 18.2 Å². The monoisotopic (exact) mass is 425 g/mol. The van der Waals surface area contributed by atoms with Gasteiger partial charge in [0.2, 0.25) is 5.91 Å². The van der Waals surface area contributed by atoms with Crippen molar-refractivity contribution in [2.24, 2.45) is 0 Å². The van der Waals surface area contributed by atoms with Crippen LogP contribution in [0.15, 0.2) is 53.1 Å². The molecule has 0 saturated heterocycles.